The van der Waals surface area contributed by atoms with Crippen LogP contribution in [0.3, 0.4) is 0 Å². The Balaban J connectivity index is 3.52. The quantitative estimate of drug-likeness (QED) is 0.504. The van der Waals surface area contributed by atoms with Crippen LogP contribution in [0.15, 0.2) is 0 Å². The molecule has 0 fully saturated rings. The topological polar surface area (TPSA) is 110 Å². The van der Waals surface area contributed by atoms with Crippen molar-refractivity contribution < 1.29 is 34.1 Å². The molecule has 7 heteroatoms. The predicted octanol–water partition coefficient (Wildman–Crippen LogP) is -1.98. The van der Waals surface area contributed by atoms with Crippen molar-refractivity contribution in [2.45, 2.75) is 0 Å². The maximum Gasteiger partial charge on any atom is 0.392 e. The Morgan fingerprint density at radius 3 is 2.00 bits per heavy atom. The van der Waals surface area contributed by atoms with E-state index in [1.807, 2.05) is 0 Å². The Labute approximate surface area is 72.9 Å². The molecule has 0 aromatic carbocycles. The third kappa shape index (κ3) is 6.76. The first-order chi connectivity index (χ1) is 6.06. The molecule has 0 rings (SSSR count). The Hall–Kier alpha value is -1.63. The molecule has 0 saturated carbocycles. The van der Waals surface area contributed by atoms with Gasteiger partial charge in [-0.25, -0.2) is 19.5 Å². The Bertz CT molecular complexity index is 209. The van der Waals surface area contributed by atoms with E-state index in [0.717, 1.165) is 0 Å². The third-order valence-corrected chi connectivity index (χ3v) is 0.831. The minimum atomic E-state index is -1.55. The minimum Gasteiger partial charge on any atom is -0.452 e. The minimum absolute atomic E-state index is 0.729. The average molecular weight is 191 g/mol. The molecule has 1 radical (unpaired) electrons. The molecule has 7 nitrogen and oxygen atoms in total. The Kier molecular flexibility index (Phi) is 5.20. The molecular weight excluding hydrogens is 184 g/mol. The second kappa shape index (κ2) is 5.95. The van der Waals surface area contributed by atoms with Crippen molar-refractivity contribution in [3.05, 3.63) is 0 Å². The summed E-state index contributed by atoms with van der Waals surface area (Å²) in [5, 5.41) is 17.9. The van der Waals surface area contributed by atoms with Crippen LogP contribution in [0.2, 0.25) is 0 Å². The molecule has 73 valence electrons. The van der Waals surface area contributed by atoms with Crippen LogP contribution in [0.1, 0.15) is 0 Å². The van der Waals surface area contributed by atoms with Gasteiger partial charge in [0.2, 0.25) is 0 Å². The molecule has 0 aromatic heterocycles. The molecule has 13 heavy (non-hydrogen) atoms. The zero-order valence-electron chi connectivity index (χ0n) is 6.52. The summed E-state index contributed by atoms with van der Waals surface area (Å²) in [7, 11) is 0. The van der Waals surface area contributed by atoms with Crippen molar-refractivity contribution in [1.82, 2.24) is 0 Å². The van der Waals surface area contributed by atoms with Crippen molar-refractivity contribution in [3.8, 4) is 0 Å². The van der Waals surface area contributed by atoms with E-state index in [1.165, 1.54) is 0 Å². The SMILES string of the molecule is [O]C(=O)COC(=O)COC(=O)CO. The van der Waals surface area contributed by atoms with Gasteiger partial charge in [-0.1, -0.05) is 0 Å². The number of hydrogen-bond acceptors (Lipinski definition) is 6. The van der Waals surface area contributed by atoms with E-state index in [-0.39, 0.29) is 0 Å². The summed E-state index contributed by atoms with van der Waals surface area (Å²) < 4.78 is 8.15. The van der Waals surface area contributed by atoms with E-state index in [4.69, 9.17) is 5.11 Å². The van der Waals surface area contributed by atoms with Gasteiger partial charge < -0.3 is 14.6 Å². The first-order valence-corrected chi connectivity index (χ1v) is 3.18. The number of carbonyl (C=O) groups is 3. The first-order valence-electron chi connectivity index (χ1n) is 3.18. The molecule has 0 saturated heterocycles. The van der Waals surface area contributed by atoms with E-state index < -0.39 is 37.7 Å². The summed E-state index contributed by atoms with van der Waals surface area (Å²) in [5.41, 5.74) is 0. The first kappa shape index (κ1) is 11.4. The smallest absolute Gasteiger partial charge is 0.392 e. The number of carbonyl (C=O) groups excluding carboxylic acids is 3. The number of rotatable bonds is 5. The molecule has 0 aromatic rings. The largest absolute Gasteiger partial charge is 0.452 e. The van der Waals surface area contributed by atoms with E-state index in [0.29, 0.717) is 0 Å². The van der Waals surface area contributed by atoms with Crippen LogP contribution in [0.4, 0.5) is 0 Å². The number of ether oxygens (including phenoxy) is 2. The van der Waals surface area contributed by atoms with Crippen molar-refractivity contribution >= 4 is 17.9 Å². The van der Waals surface area contributed by atoms with Crippen molar-refractivity contribution in [2.24, 2.45) is 0 Å². The number of aliphatic hydroxyl groups excluding tert-OH is 1. The van der Waals surface area contributed by atoms with Gasteiger partial charge >= 0.3 is 17.9 Å². The van der Waals surface area contributed by atoms with Gasteiger partial charge in [0.15, 0.2) is 13.2 Å². The zero-order chi connectivity index (χ0) is 10.3. The maximum atomic E-state index is 10.5. The number of hydrogen-bond donors (Lipinski definition) is 1. The van der Waals surface area contributed by atoms with Crippen LogP contribution in [0.5, 0.6) is 0 Å². The van der Waals surface area contributed by atoms with Crippen LogP contribution in [0.25, 0.3) is 0 Å². The molecule has 0 aliphatic rings. The third-order valence-electron chi connectivity index (χ3n) is 0.831. The molecule has 0 heterocycles. The summed E-state index contributed by atoms with van der Waals surface area (Å²) in [6, 6.07) is 0. The van der Waals surface area contributed by atoms with Crippen molar-refractivity contribution in [3.63, 3.8) is 0 Å². The van der Waals surface area contributed by atoms with E-state index >= 15 is 0 Å². The van der Waals surface area contributed by atoms with E-state index in [1.54, 1.807) is 0 Å². The van der Waals surface area contributed by atoms with Gasteiger partial charge in [0, 0.05) is 0 Å². The fourth-order valence-corrected chi connectivity index (χ4v) is 0.366. The van der Waals surface area contributed by atoms with E-state index in [9.17, 15) is 19.5 Å². The lowest BCUT2D eigenvalue weighted by Crippen LogP contribution is -2.20. The van der Waals surface area contributed by atoms with Gasteiger partial charge in [-0.05, 0) is 0 Å². The maximum absolute atomic E-state index is 10.5. The van der Waals surface area contributed by atoms with Gasteiger partial charge in [0.05, 0.1) is 0 Å². The van der Waals surface area contributed by atoms with Gasteiger partial charge in [0.1, 0.15) is 6.61 Å². The highest BCUT2D eigenvalue weighted by atomic mass is 16.6. The predicted molar refractivity (Wildman–Crippen MR) is 34.7 cm³/mol. The van der Waals surface area contributed by atoms with Crippen molar-refractivity contribution in [2.75, 3.05) is 19.8 Å². The van der Waals surface area contributed by atoms with Gasteiger partial charge in [-0.3, -0.25) is 0 Å². The molecule has 0 aliphatic heterocycles. The number of aliphatic hydroxyl groups is 1. The highest BCUT2D eigenvalue weighted by molar-refractivity contribution is 5.78. The molecule has 0 amide bonds. The zero-order valence-corrected chi connectivity index (χ0v) is 6.52. The molecule has 0 spiro atoms. The Morgan fingerprint density at radius 1 is 1.00 bits per heavy atom. The molecule has 0 aliphatic carbocycles. The van der Waals surface area contributed by atoms with E-state index in [2.05, 4.69) is 9.47 Å². The molecular formula is C6H7O7. The summed E-state index contributed by atoms with van der Waals surface area (Å²) in [5.74, 6) is -3.57. The summed E-state index contributed by atoms with van der Waals surface area (Å²) in [6.45, 7) is -2.48. The average Bonchev–Trinajstić information content (AvgIpc) is 2.10. The van der Waals surface area contributed by atoms with Crippen LogP contribution in [0, 0.1) is 0 Å². The van der Waals surface area contributed by atoms with Gasteiger partial charge in [-0.2, -0.15) is 0 Å². The highest BCUT2D eigenvalue weighted by Crippen LogP contribution is 1.83. The normalized spacial score (nSPS) is 9.00. The molecule has 0 bridgehead atoms. The standard InChI is InChI=1S/C6H7O7/c7-1-5(10)13-3-6(11)12-2-4(8)9/h7H,1-3H2. The lowest BCUT2D eigenvalue weighted by molar-refractivity contribution is -0.165. The lowest BCUT2D eigenvalue weighted by atomic mass is 10.6. The molecule has 0 atom stereocenters. The van der Waals surface area contributed by atoms with Gasteiger partial charge in [0.25, 0.3) is 0 Å². The second-order valence-corrected chi connectivity index (χ2v) is 1.85. The number of esters is 2. The van der Waals surface area contributed by atoms with Gasteiger partial charge in [-0.15, -0.1) is 0 Å². The van der Waals surface area contributed by atoms with Crippen LogP contribution >= 0.6 is 0 Å². The summed E-state index contributed by atoms with van der Waals surface area (Å²) in [6.07, 6.45) is 0. The van der Waals surface area contributed by atoms with Crippen LogP contribution < -0.4 is 0 Å². The highest BCUT2D eigenvalue weighted by Gasteiger charge is 2.09. The summed E-state index contributed by atoms with van der Waals surface area (Å²) in [4.78, 5) is 30.5. The van der Waals surface area contributed by atoms with Crippen molar-refractivity contribution in [1.29, 1.82) is 0 Å². The fourth-order valence-electron chi connectivity index (χ4n) is 0.366. The monoisotopic (exact) mass is 191 g/mol. The lowest BCUT2D eigenvalue weighted by Gasteiger charge is -2.01. The molecule has 0 unspecified atom stereocenters. The molecule has 1 N–H and O–H groups in total. The second-order valence-electron chi connectivity index (χ2n) is 1.85. The fraction of sp³-hybridized carbons (Fsp3) is 0.500. The van der Waals surface area contributed by atoms with Crippen LogP contribution in [-0.4, -0.2) is 42.8 Å². The summed E-state index contributed by atoms with van der Waals surface area (Å²) >= 11 is 0. The van der Waals surface area contributed by atoms with Crippen LogP contribution in [-0.2, 0) is 29.0 Å². The Morgan fingerprint density at radius 2 is 1.54 bits per heavy atom.